The molecule has 0 aliphatic heterocycles. The Kier molecular flexibility index (Phi) is 2.70. The summed E-state index contributed by atoms with van der Waals surface area (Å²) in [6.45, 7) is 0. The van der Waals surface area contributed by atoms with E-state index in [4.69, 9.17) is 10.7 Å². The van der Waals surface area contributed by atoms with Gasteiger partial charge in [0.1, 0.15) is 0 Å². The monoisotopic (exact) mass is 266 g/mol. The minimum atomic E-state index is -3.88. The average molecular weight is 267 g/mol. The number of hydrogen-bond acceptors (Lipinski definition) is 2. The summed E-state index contributed by atoms with van der Waals surface area (Å²) in [5.41, 5.74) is 0.456. The van der Waals surface area contributed by atoms with Gasteiger partial charge in [-0.25, -0.2) is 17.2 Å². The van der Waals surface area contributed by atoms with Gasteiger partial charge in [0.25, 0.3) is 5.92 Å². The number of benzene rings is 1. The molecule has 0 saturated heterocycles. The summed E-state index contributed by atoms with van der Waals surface area (Å²) in [7, 11) is 1.11. The third-order valence-corrected chi connectivity index (χ3v) is 3.87. The maximum absolute atomic E-state index is 13.4. The van der Waals surface area contributed by atoms with E-state index >= 15 is 0 Å². The van der Waals surface area contributed by atoms with Crippen LogP contribution in [-0.4, -0.2) is 20.1 Å². The van der Waals surface area contributed by atoms with Gasteiger partial charge in [0.15, 0.2) is 0 Å². The lowest BCUT2D eigenvalue weighted by Gasteiger charge is -1.96. The molecule has 88 valence electrons. The Morgan fingerprint density at radius 1 is 1.25 bits per heavy atom. The Morgan fingerprint density at radius 3 is 2.31 bits per heavy atom. The molecule has 1 saturated carbocycles. The first kappa shape index (κ1) is 11.8. The maximum atomic E-state index is 13.4. The van der Waals surface area contributed by atoms with Crippen LogP contribution in [-0.2, 0) is 9.05 Å². The van der Waals surface area contributed by atoms with E-state index in [1.807, 2.05) is 0 Å². The highest BCUT2D eigenvalue weighted by Crippen LogP contribution is 2.62. The van der Waals surface area contributed by atoms with Crippen molar-refractivity contribution in [1.29, 1.82) is 0 Å². The smallest absolute Gasteiger partial charge is 0.212 e. The fourth-order valence-electron chi connectivity index (χ4n) is 1.93. The van der Waals surface area contributed by atoms with Gasteiger partial charge in [-0.15, -0.1) is 0 Å². The number of hydrogen-bond donors (Lipinski definition) is 0. The predicted molar refractivity (Wildman–Crippen MR) is 57.3 cm³/mol. The molecular weight excluding hydrogens is 258 g/mol. The van der Waals surface area contributed by atoms with Gasteiger partial charge in [0.2, 0.25) is 9.05 Å². The molecule has 1 aromatic carbocycles. The summed E-state index contributed by atoms with van der Waals surface area (Å²) in [4.78, 5) is 0. The summed E-state index contributed by atoms with van der Waals surface area (Å²) in [5.74, 6) is -5.87. The highest BCUT2D eigenvalue weighted by atomic mass is 35.7. The van der Waals surface area contributed by atoms with E-state index in [0.29, 0.717) is 5.56 Å². The second-order valence-corrected chi connectivity index (χ2v) is 6.70. The van der Waals surface area contributed by atoms with Crippen molar-refractivity contribution in [2.24, 2.45) is 5.92 Å². The molecule has 1 fully saturated rings. The first-order valence-electron chi connectivity index (χ1n) is 4.67. The van der Waals surface area contributed by atoms with E-state index in [9.17, 15) is 17.2 Å². The third-order valence-electron chi connectivity index (χ3n) is 2.74. The van der Waals surface area contributed by atoms with Crippen LogP contribution >= 0.6 is 10.7 Å². The lowest BCUT2D eigenvalue weighted by molar-refractivity contribution is 0.0968. The Labute approximate surface area is 96.6 Å². The van der Waals surface area contributed by atoms with E-state index < -0.39 is 32.6 Å². The zero-order valence-corrected chi connectivity index (χ0v) is 9.68. The number of alkyl halides is 2. The van der Waals surface area contributed by atoms with Crippen LogP contribution < -0.4 is 0 Å². The quantitative estimate of drug-likeness (QED) is 0.788. The van der Waals surface area contributed by atoms with Crippen molar-refractivity contribution in [2.45, 2.75) is 11.8 Å². The molecule has 0 heterocycles. The van der Waals surface area contributed by atoms with Crippen LogP contribution in [0.1, 0.15) is 11.5 Å². The fraction of sp³-hybridized carbons (Fsp3) is 0.400. The van der Waals surface area contributed by atoms with Crippen LogP contribution in [0, 0.1) is 5.92 Å². The van der Waals surface area contributed by atoms with Crippen molar-refractivity contribution in [3.8, 4) is 0 Å². The van der Waals surface area contributed by atoms with Gasteiger partial charge < -0.3 is 0 Å². The zero-order chi connectivity index (χ0) is 12.0. The van der Waals surface area contributed by atoms with E-state index in [2.05, 4.69) is 0 Å². The predicted octanol–water partition coefficient (Wildman–Crippen LogP) is 2.60. The topological polar surface area (TPSA) is 34.1 Å². The Bertz CT molecular complexity index is 487. The molecule has 1 aliphatic rings. The molecule has 0 spiro atoms. The molecule has 2 atom stereocenters. The third kappa shape index (κ3) is 2.20. The van der Waals surface area contributed by atoms with E-state index in [1.54, 1.807) is 30.3 Å². The minimum Gasteiger partial charge on any atom is -0.212 e. The Morgan fingerprint density at radius 2 is 1.81 bits per heavy atom. The molecule has 0 aromatic heterocycles. The van der Waals surface area contributed by atoms with Crippen molar-refractivity contribution in [3.63, 3.8) is 0 Å². The molecular formula is C10H9ClF2O2S. The summed E-state index contributed by atoms with van der Waals surface area (Å²) >= 11 is 0. The normalized spacial score (nSPS) is 27.7. The van der Waals surface area contributed by atoms with Gasteiger partial charge in [-0.2, -0.15) is 0 Å². The van der Waals surface area contributed by atoms with Crippen LogP contribution in [0.4, 0.5) is 8.78 Å². The van der Waals surface area contributed by atoms with Gasteiger partial charge >= 0.3 is 0 Å². The molecule has 1 aliphatic carbocycles. The molecule has 2 rings (SSSR count). The summed E-state index contributed by atoms with van der Waals surface area (Å²) in [5, 5.41) is 0. The lowest BCUT2D eigenvalue weighted by Crippen LogP contribution is -2.05. The standard InChI is InChI=1S/C10H9ClF2O2S/c11-16(14,15)6-8-9(10(8,12)13)7-4-2-1-3-5-7/h1-5,8-9H,6H2/t8-,9-/m0/s1. The van der Waals surface area contributed by atoms with Crippen LogP contribution in [0.2, 0.25) is 0 Å². The lowest BCUT2D eigenvalue weighted by atomic mass is 10.1. The van der Waals surface area contributed by atoms with Gasteiger partial charge in [-0.05, 0) is 5.56 Å². The highest BCUT2D eigenvalue weighted by molar-refractivity contribution is 8.13. The van der Waals surface area contributed by atoms with Gasteiger partial charge in [0, 0.05) is 10.7 Å². The maximum Gasteiger partial charge on any atom is 0.259 e. The van der Waals surface area contributed by atoms with Crippen LogP contribution in [0.25, 0.3) is 0 Å². The fourth-order valence-corrected chi connectivity index (χ4v) is 3.18. The van der Waals surface area contributed by atoms with Gasteiger partial charge in [-0.3, -0.25) is 0 Å². The molecule has 0 N–H and O–H groups in total. The molecule has 2 nitrogen and oxygen atoms in total. The van der Waals surface area contributed by atoms with Crippen LogP contribution in [0.5, 0.6) is 0 Å². The second kappa shape index (κ2) is 3.67. The van der Waals surface area contributed by atoms with Crippen LogP contribution in [0.15, 0.2) is 30.3 Å². The summed E-state index contributed by atoms with van der Waals surface area (Å²) in [6, 6.07) is 8.15. The Hall–Kier alpha value is -0.680. The van der Waals surface area contributed by atoms with E-state index in [0.717, 1.165) is 0 Å². The van der Waals surface area contributed by atoms with Crippen molar-refractivity contribution >= 4 is 19.7 Å². The SMILES string of the molecule is O=S(=O)(Cl)C[C@H]1[C@H](c2ccccc2)C1(F)F. The second-order valence-electron chi connectivity index (χ2n) is 3.87. The number of rotatable bonds is 3. The van der Waals surface area contributed by atoms with E-state index in [-0.39, 0.29) is 0 Å². The minimum absolute atomic E-state index is 0.456. The first-order valence-corrected chi connectivity index (χ1v) is 7.15. The van der Waals surface area contributed by atoms with Crippen molar-refractivity contribution in [2.75, 3.05) is 5.75 Å². The highest BCUT2D eigenvalue weighted by Gasteiger charge is 2.69. The summed E-state index contributed by atoms with van der Waals surface area (Å²) < 4.78 is 48.3. The Balaban J connectivity index is 2.20. The summed E-state index contributed by atoms with van der Waals surface area (Å²) in [6.07, 6.45) is 0. The molecule has 16 heavy (non-hydrogen) atoms. The molecule has 1 aromatic rings. The first-order chi connectivity index (χ1) is 7.32. The van der Waals surface area contributed by atoms with Crippen molar-refractivity contribution in [1.82, 2.24) is 0 Å². The van der Waals surface area contributed by atoms with Gasteiger partial charge in [0.05, 0.1) is 17.6 Å². The molecule has 0 radical (unpaired) electrons. The average Bonchev–Trinajstić information content (AvgIpc) is 2.66. The largest absolute Gasteiger partial charge is 0.259 e. The van der Waals surface area contributed by atoms with Crippen molar-refractivity contribution < 1.29 is 17.2 Å². The van der Waals surface area contributed by atoms with E-state index in [1.165, 1.54) is 0 Å². The zero-order valence-electron chi connectivity index (χ0n) is 8.11. The molecule has 0 amide bonds. The molecule has 0 bridgehead atoms. The molecule has 6 heteroatoms. The van der Waals surface area contributed by atoms with Gasteiger partial charge in [-0.1, -0.05) is 30.3 Å². The number of halogens is 3. The van der Waals surface area contributed by atoms with Crippen molar-refractivity contribution in [3.05, 3.63) is 35.9 Å². The van der Waals surface area contributed by atoms with Crippen LogP contribution in [0.3, 0.4) is 0 Å². The molecule has 0 unspecified atom stereocenters.